The van der Waals surface area contributed by atoms with Crippen LogP contribution in [0.4, 0.5) is 5.69 Å². The molecule has 0 fully saturated rings. The fourth-order valence-electron chi connectivity index (χ4n) is 3.65. The Balaban J connectivity index is 1.58. The maximum Gasteiger partial charge on any atom is 0.287 e. The number of hydrogen-bond acceptors (Lipinski definition) is 4. The first-order chi connectivity index (χ1) is 17.4. The molecular weight excluding hydrogens is 448 g/mol. The summed E-state index contributed by atoms with van der Waals surface area (Å²) < 4.78 is 0. The fourth-order valence-corrected chi connectivity index (χ4v) is 3.65. The molecule has 4 rings (SSSR count). The summed E-state index contributed by atoms with van der Waals surface area (Å²) in [4.78, 5) is 27.9. The van der Waals surface area contributed by atoms with E-state index in [0.29, 0.717) is 11.3 Å². The van der Waals surface area contributed by atoms with Gasteiger partial charge in [0.2, 0.25) is 0 Å². The average Bonchev–Trinajstić information content (AvgIpc) is 2.91. The minimum Gasteiger partial charge on any atom is -0.378 e. The summed E-state index contributed by atoms with van der Waals surface area (Å²) >= 11 is 0. The summed E-state index contributed by atoms with van der Waals surface area (Å²) in [5.74, 6) is -0.895. The van der Waals surface area contributed by atoms with Crippen LogP contribution in [0, 0.1) is 0 Å². The maximum atomic E-state index is 13.1. The number of amides is 2. The van der Waals surface area contributed by atoms with Gasteiger partial charge in [0.1, 0.15) is 5.70 Å². The Bertz CT molecular complexity index is 1440. The van der Waals surface area contributed by atoms with Gasteiger partial charge in [-0.3, -0.25) is 9.59 Å². The van der Waals surface area contributed by atoms with Crippen molar-refractivity contribution in [3.8, 4) is 0 Å². The lowest BCUT2D eigenvalue weighted by Gasteiger charge is -2.13. The van der Waals surface area contributed by atoms with Crippen molar-refractivity contribution in [1.82, 2.24) is 10.7 Å². The lowest BCUT2D eigenvalue weighted by atomic mass is 10.0. The molecule has 0 aliphatic carbocycles. The van der Waals surface area contributed by atoms with E-state index in [-0.39, 0.29) is 11.6 Å². The van der Waals surface area contributed by atoms with Crippen molar-refractivity contribution in [3.05, 3.63) is 119 Å². The summed E-state index contributed by atoms with van der Waals surface area (Å²) in [6, 6.07) is 30.5. The van der Waals surface area contributed by atoms with Crippen LogP contribution in [0.25, 0.3) is 16.8 Å². The predicted octanol–water partition coefficient (Wildman–Crippen LogP) is 5.22. The summed E-state index contributed by atoms with van der Waals surface area (Å²) in [6.07, 6.45) is 1.64. The van der Waals surface area contributed by atoms with Crippen LogP contribution >= 0.6 is 0 Å². The molecule has 6 nitrogen and oxygen atoms in total. The highest BCUT2D eigenvalue weighted by molar-refractivity contribution is 6.07. The molecule has 0 heterocycles. The van der Waals surface area contributed by atoms with Gasteiger partial charge < -0.3 is 10.2 Å². The number of benzene rings is 4. The van der Waals surface area contributed by atoms with E-state index in [0.717, 1.165) is 27.6 Å². The largest absolute Gasteiger partial charge is 0.378 e. The zero-order valence-electron chi connectivity index (χ0n) is 20.5. The zero-order chi connectivity index (χ0) is 25.5. The van der Waals surface area contributed by atoms with Crippen LogP contribution in [0.3, 0.4) is 0 Å². The van der Waals surface area contributed by atoms with Crippen LogP contribution in [-0.2, 0) is 4.79 Å². The summed E-state index contributed by atoms with van der Waals surface area (Å²) in [5, 5.41) is 9.26. The van der Waals surface area contributed by atoms with Gasteiger partial charge in [0.05, 0.1) is 5.71 Å². The molecule has 0 aromatic heterocycles. The van der Waals surface area contributed by atoms with Crippen molar-refractivity contribution in [3.63, 3.8) is 0 Å². The Labute approximate surface area is 211 Å². The Morgan fingerprint density at radius 1 is 0.778 bits per heavy atom. The maximum absolute atomic E-state index is 13.1. The minimum absolute atomic E-state index is 0.0940. The molecular formula is C30H28N4O2. The number of fused-ring (bicyclic) bond motifs is 1. The number of carbonyl (C=O) groups excluding carboxylic acids is 2. The van der Waals surface area contributed by atoms with Crippen molar-refractivity contribution in [2.75, 3.05) is 19.0 Å². The van der Waals surface area contributed by atoms with Crippen LogP contribution in [0.5, 0.6) is 0 Å². The van der Waals surface area contributed by atoms with Crippen molar-refractivity contribution in [2.45, 2.75) is 6.92 Å². The van der Waals surface area contributed by atoms with E-state index >= 15 is 0 Å². The lowest BCUT2D eigenvalue weighted by molar-refractivity contribution is -0.117. The molecule has 4 aromatic rings. The molecule has 0 radical (unpaired) electrons. The number of carbonyl (C=O) groups is 2. The van der Waals surface area contributed by atoms with Gasteiger partial charge in [0.15, 0.2) is 0 Å². The second kappa shape index (κ2) is 11.1. The molecule has 6 heteroatoms. The summed E-state index contributed by atoms with van der Waals surface area (Å²) in [7, 11) is 3.92. The minimum atomic E-state index is -0.517. The highest BCUT2D eigenvalue weighted by Gasteiger charge is 2.15. The molecule has 0 bridgehead atoms. The van der Waals surface area contributed by atoms with Crippen molar-refractivity contribution in [2.24, 2.45) is 5.10 Å². The molecule has 0 saturated carbocycles. The van der Waals surface area contributed by atoms with E-state index in [1.807, 2.05) is 98.7 Å². The lowest BCUT2D eigenvalue weighted by Crippen LogP contribution is -2.33. The molecule has 0 aliphatic rings. The Morgan fingerprint density at radius 2 is 1.44 bits per heavy atom. The van der Waals surface area contributed by atoms with E-state index in [9.17, 15) is 9.59 Å². The first-order valence-corrected chi connectivity index (χ1v) is 11.6. The molecule has 180 valence electrons. The number of rotatable bonds is 7. The van der Waals surface area contributed by atoms with Crippen LogP contribution in [0.1, 0.15) is 28.4 Å². The van der Waals surface area contributed by atoms with Gasteiger partial charge in [-0.2, -0.15) is 5.10 Å². The second-order valence-corrected chi connectivity index (χ2v) is 8.56. The monoisotopic (exact) mass is 476 g/mol. The third kappa shape index (κ3) is 6.04. The predicted molar refractivity (Wildman–Crippen MR) is 147 cm³/mol. The van der Waals surface area contributed by atoms with E-state index in [1.165, 1.54) is 0 Å². The Morgan fingerprint density at radius 3 is 2.14 bits per heavy atom. The molecule has 36 heavy (non-hydrogen) atoms. The molecule has 2 N–H and O–H groups in total. The van der Waals surface area contributed by atoms with Crippen molar-refractivity contribution >= 4 is 40.1 Å². The van der Waals surface area contributed by atoms with Gasteiger partial charge in [-0.25, -0.2) is 5.43 Å². The Hall–Kier alpha value is -4.71. The highest BCUT2D eigenvalue weighted by atomic mass is 16.2. The number of anilines is 1. The van der Waals surface area contributed by atoms with Gasteiger partial charge in [0, 0.05) is 25.3 Å². The first-order valence-electron chi connectivity index (χ1n) is 11.6. The van der Waals surface area contributed by atoms with Crippen molar-refractivity contribution < 1.29 is 9.59 Å². The van der Waals surface area contributed by atoms with Crippen LogP contribution in [0.2, 0.25) is 0 Å². The summed E-state index contributed by atoms with van der Waals surface area (Å²) in [5.41, 5.74) is 6.49. The van der Waals surface area contributed by atoms with Gasteiger partial charge in [0.25, 0.3) is 11.8 Å². The molecule has 0 spiro atoms. The third-order valence-corrected chi connectivity index (χ3v) is 5.74. The third-order valence-electron chi connectivity index (χ3n) is 5.74. The second-order valence-electron chi connectivity index (χ2n) is 8.56. The standard InChI is InChI=1S/C30H28N4O2/c1-21(25-16-15-23-9-7-8-12-26(23)20-25)32-33-30(36)28(31-29(35)24-10-5-4-6-11-24)19-22-13-17-27(18-14-22)34(2)3/h4-20H,1-3H3,(H,31,35)(H,33,36)/b28-19-,32-21-. The van der Waals surface area contributed by atoms with Gasteiger partial charge >= 0.3 is 0 Å². The van der Waals surface area contributed by atoms with Crippen LogP contribution in [0.15, 0.2) is 108 Å². The van der Waals surface area contributed by atoms with E-state index < -0.39 is 5.91 Å². The van der Waals surface area contributed by atoms with E-state index in [1.54, 1.807) is 30.3 Å². The van der Waals surface area contributed by atoms with Crippen molar-refractivity contribution in [1.29, 1.82) is 0 Å². The molecule has 2 amide bonds. The molecule has 0 atom stereocenters. The number of nitrogens with one attached hydrogen (secondary N) is 2. The van der Waals surface area contributed by atoms with Crippen LogP contribution < -0.4 is 15.6 Å². The SMILES string of the molecule is C/C(=N/NC(=O)/C(=C/c1ccc(N(C)C)cc1)NC(=O)c1ccccc1)c1ccc2ccccc2c1. The molecule has 0 aliphatic heterocycles. The molecule has 4 aromatic carbocycles. The fraction of sp³-hybridized carbons (Fsp3) is 0.100. The number of nitrogens with zero attached hydrogens (tertiary/aromatic N) is 2. The number of hydrazone groups is 1. The van der Waals surface area contributed by atoms with Gasteiger partial charge in [-0.15, -0.1) is 0 Å². The topological polar surface area (TPSA) is 73.8 Å². The van der Waals surface area contributed by atoms with Gasteiger partial charge in [-0.05, 0) is 65.2 Å². The van der Waals surface area contributed by atoms with E-state index in [4.69, 9.17) is 0 Å². The van der Waals surface area contributed by atoms with E-state index in [2.05, 4.69) is 15.8 Å². The van der Waals surface area contributed by atoms with Gasteiger partial charge in [-0.1, -0.05) is 66.7 Å². The molecule has 0 unspecified atom stereocenters. The quantitative estimate of drug-likeness (QED) is 0.218. The normalized spacial score (nSPS) is 11.8. The average molecular weight is 477 g/mol. The zero-order valence-corrected chi connectivity index (χ0v) is 20.5. The molecule has 0 saturated heterocycles. The van der Waals surface area contributed by atoms with Crippen LogP contribution in [-0.4, -0.2) is 31.6 Å². The Kier molecular flexibility index (Phi) is 7.56. The first kappa shape index (κ1) is 24.4. The summed E-state index contributed by atoms with van der Waals surface area (Å²) in [6.45, 7) is 1.83. The smallest absolute Gasteiger partial charge is 0.287 e. The number of hydrogen-bond donors (Lipinski definition) is 2. The highest BCUT2D eigenvalue weighted by Crippen LogP contribution is 2.17.